The molecule has 0 saturated heterocycles. The van der Waals surface area contributed by atoms with E-state index in [1.54, 1.807) is 6.92 Å². The molecule has 0 saturated carbocycles. The number of thioether (sulfide) groups is 1. The second kappa shape index (κ2) is 8.11. The van der Waals surface area contributed by atoms with Gasteiger partial charge in [0.05, 0.1) is 0 Å². The molecule has 0 aromatic rings. The summed E-state index contributed by atoms with van der Waals surface area (Å²) in [6.07, 6.45) is 4.93. The van der Waals surface area contributed by atoms with E-state index in [4.69, 9.17) is 0 Å². The zero-order valence-corrected chi connectivity index (χ0v) is 10.2. The molecule has 0 aliphatic carbocycles. The summed E-state index contributed by atoms with van der Waals surface area (Å²) in [6, 6.07) is 0. The highest BCUT2D eigenvalue weighted by Crippen LogP contribution is 2.12. The second-order valence-electron chi connectivity index (χ2n) is 2.97. The molecule has 0 N–H and O–H groups in total. The molecule has 0 aliphatic rings. The zero-order valence-electron chi connectivity index (χ0n) is 7.81. The summed E-state index contributed by atoms with van der Waals surface area (Å²) in [7, 11) is 0. The van der Waals surface area contributed by atoms with Crippen LogP contribution in [0.1, 0.15) is 39.5 Å². The summed E-state index contributed by atoms with van der Waals surface area (Å²) >= 11 is 4.95. The molecule has 0 aliphatic heterocycles. The fraction of sp³-hybridized carbons (Fsp3) is 0.889. The van der Waals surface area contributed by atoms with Gasteiger partial charge in [-0.1, -0.05) is 47.5 Å². The number of carbonyl (C=O) groups excluding carboxylic acids is 1. The molecule has 0 amide bonds. The highest BCUT2D eigenvalue weighted by Gasteiger charge is 1.96. The topological polar surface area (TPSA) is 17.1 Å². The van der Waals surface area contributed by atoms with Crippen molar-refractivity contribution < 1.29 is 4.79 Å². The molecule has 0 aromatic carbocycles. The number of hydrogen-bond acceptors (Lipinski definition) is 2. The maximum absolute atomic E-state index is 10.5. The van der Waals surface area contributed by atoms with E-state index in [-0.39, 0.29) is 5.12 Å². The van der Waals surface area contributed by atoms with Gasteiger partial charge in [-0.3, -0.25) is 4.79 Å². The number of halogens is 1. The van der Waals surface area contributed by atoms with E-state index in [1.807, 2.05) is 0 Å². The quantitative estimate of drug-likeness (QED) is 0.531. The van der Waals surface area contributed by atoms with Gasteiger partial charge in [-0.2, -0.15) is 0 Å². The Morgan fingerprint density at radius 1 is 1.42 bits per heavy atom. The van der Waals surface area contributed by atoms with E-state index in [0.717, 1.165) is 5.75 Å². The van der Waals surface area contributed by atoms with Crippen LogP contribution in [-0.2, 0) is 4.79 Å². The average Bonchev–Trinajstić information content (AvgIpc) is 1.95. The molecular weight excluding hydrogens is 236 g/mol. The minimum Gasteiger partial charge on any atom is -0.288 e. The van der Waals surface area contributed by atoms with E-state index in [2.05, 4.69) is 22.9 Å². The normalized spacial score (nSPS) is 12.9. The summed E-state index contributed by atoms with van der Waals surface area (Å²) in [6.45, 7) is 3.80. The van der Waals surface area contributed by atoms with Gasteiger partial charge in [-0.25, -0.2) is 0 Å². The van der Waals surface area contributed by atoms with Crippen LogP contribution in [0.25, 0.3) is 0 Å². The number of hydrogen-bond donors (Lipinski definition) is 0. The molecule has 3 heteroatoms. The van der Waals surface area contributed by atoms with Crippen LogP contribution in [0.3, 0.4) is 0 Å². The minimum atomic E-state index is 0.240. The summed E-state index contributed by atoms with van der Waals surface area (Å²) in [5.74, 6) is 0.992. The van der Waals surface area contributed by atoms with Crippen LogP contribution in [0.2, 0.25) is 0 Å². The van der Waals surface area contributed by atoms with Crippen LogP contribution in [-0.4, -0.2) is 15.7 Å². The van der Waals surface area contributed by atoms with Crippen molar-refractivity contribution in [3.8, 4) is 0 Å². The Kier molecular flexibility index (Phi) is 8.45. The number of carbonyl (C=O) groups is 1. The van der Waals surface area contributed by atoms with E-state index >= 15 is 0 Å². The summed E-state index contributed by atoms with van der Waals surface area (Å²) in [5, 5.41) is 0.240. The molecule has 0 bridgehead atoms. The monoisotopic (exact) mass is 252 g/mol. The summed E-state index contributed by atoms with van der Waals surface area (Å²) < 4.78 is 0. The van der Waals surface area contributed by atoms with E-state index in [0.29, 0.717) is 4.83 Å². The molecule has 0 fully saturated rings. The first kappa shape index (κ1) is 12.5. The lowest BCUT2D eigenvalue weighted by Gasteiger charge is -2.01. The van der Waals surface area contributed by atoms with Gasteiger partial charge in [0.1, 0.15) is 0 Å². The van der Waals surface area contributed by atoms with Gasteiger partial charge in [0.2, 0.25) is 0 Å². The third-order valence-corrected chi connectivity index (χ3v) is 2.91. The van der Waals surface area contributed by atoms with Crippen LogP contribution in [0.4, 0.5) is 0 Å². The lowest BCUT2D eigenvalue weighted by Crippen LogP contribution is -1.91. The maximum atomic E-state index is 10.5. The second-order valence-corrected chi connectivity index (χ2v) is 5.81. The molecule has 72 valence electrons. The summed E-state index contributed by atoms with van der Waals surface area (Å²) in [4.78, 5) is 11.2. The molecule has 0 radical (unpaired) electrons. The van der Waals surface area contributed by atoms with Gasteiger partial charge in [0.25, 0.3) is 0 Å². The predicted octanol–water partition coefficient (Wildman–Crippen LogP) is 3.61. The molecule has 1 nitrogen and oxygen atoms in total. The Morgan fingerprint density at radius 2 is 2.08 bits per heavy atom. The highest BCUT2D eigenvalue weighted by atomic mass is 79.9. The Labute approximate surface area is 87.8 Å². The third kappa shape index (κ3) is 10.5. The predicted molar refractivity (Wildman–Crippen MR) is 60.0 cm³/mol. The number of alkyl halides is 1. The van der Waals surface area contributed by atoms with Crippen LogP contribution in [0.15, 0.2) is 0 Å². The SMILES string of the molecule is CC(=O)SCCCCCC(C)Br. The molecule has 1 unspecified atom stereocenters. The minimum absolute atomic E-state index is 0.240. The first-order valence-electron chi connectivity index (χ1n) is 4.40. The van der Waals surface area contributed by atoms with Gasteiger partial charge >= 0.3 is 0 Å². The maximum Gasteiger partial charge on any atom is 0.185 e. The van der Waals surface area contributed by atoms with E-state index in [9.17, 15) is 4.79 Å². The Balaban J connectivity index is 2.96. The standard InChI is InChI=1S/C9H17BrOS/c1-8(10)6-4-3-5-7-12-9(2)11/h8H,3-7H2,1-2H3. The first-order valence-corrected chi connectivity index (χ1v) is 6.30. The van der Waals surface area contributed by atoms with Crippen molar-refractivity contribution in [3.05, 3.63) is 0 Å². The van der Waals surface area contributed by atoms with E-state index in [1.165, 1.54) is 37.4 Å². The van der Waals surface area contributed by atoms with Crippen LogP contribution in [0, 0.1) is 0 Å². The van der Waals surface area contributed by atoms with Crippen molar-refractivity contribution in [1.29, 1.82) is 0 Å². The van der Waals surface area contributed by atoms with Gasteiger partial charge in [0.15, 0.2) is 5.12 Å². The Hall–Kier alpha value is 0.500. The van der Waals surface area contributed by atoms with Crippen molar-refractivity contribution >= 4 is 32.8 Å². The Bertz CT molecular complexity index is 126. The highest BCUT2D eigenvalue weighted by molar-refractivity contribution is 9.09. The van der Waals surface area contributed by atoms with Gasteiger partial charge in [0, 0.05) is 17.5 Å². The lowest BCUT2D eigenvalue weighted by atomic mass is 10.2. The molecular formula is C9H17BrOS. The third-order valence-electron chi connectivity index (χ3n) is 1.55. The first-order chi connectivity index (χ1) is 5.63. The van der Waals surface area contributed by atoms with Crippen molar-refractivity contribution in [2.45, 2.75) is 44.4 Å². The van der Waals surface area contributed by atoms with Gasteiger partial charge in [-0.15, -0.1) is 0 Å². The van der Waals surface area contributed by atoms with Gasteiger partial charge in [-0.05, 0) is 12.8 Å². The molecule has 12 heavy (non-hydrogen) atoms. The smallest absolute Gasteiger partial charge is 0.185 e. The molecule has 1 atom stereocenters. The lowest BCUT2D eigenvalue weighted by molar-refractivity contribution is -0.109. The molecule has 0 aromatic heterocycles. The van der Waals surface area contributed by atoms with Crippen molar-refractivity contribution in [2.24, 2.45) is 0 Å². The van der Waals surface area contributed by atoms with Gasteiger partial charge < -0.3 is 0 Å². The fourth-order valence-electron chi connectivity index (χ4n) is 0.920. The molecule has 0 spiro atoms. The van der Waals surface area contributed by atoms with Crippen LogP contribution < -0.4 is 0 Å². The zero-order chi connectivity index (χ0) is 9.40. The van der Waals surface area contributed by atoms with Crippen molar-refractivity contribution in [2.75, 3.05) is 5.75 Å². The van der Waals surface area contributed by atoms with Crippen LogP contribution in [0.5, 0.6) is 0 Å². The fourth-order valence-corrected chi connectivity index (χ4v) is 1.88. The van der Waals surface area contributed by atoms with E-state index < -0.39 is 0 Å². The number of rotatable bonds is 6. The van der Waals surface area contributed by atoms with Crippen LogP contribution >= 0.6 is 27.7 Å². The average molecular weight is 253 g/mol. The number of unbranched alkanes of at least 4 members (excludes halogenated alkanes) is 2. The molecule has 0 heterocycles. The largest absolute Gasteiger partial charge is 0.288 e. The van der Waals surface area contributed by atoms with Crippen molar-refractivity contribution in [3.63, 3.8) is 0 Å². The summed E-state index contributed by atoms with van der Waals surface area (Å²) in [5.41, 5.74) is 0. The van der Waals surface area contributed by atoms with Crippen molar-refractivity contribution in [1.82, 2.24) is 0 Å². The Morgan fingerprint density at radius 3 is 2.58 bits per heavy atom. The molecule has 0 rings (SSSR count).